The van der Waals surface area contributed by atoms with Crippen molar-refractivity contribution in [2.45, 2.75) is 5.44 Å². The highest BCUT2D eigenvalue weighted by Gasteiger charge is 2.11. The minimum absolute atomic E-state index is 0.608. The maximum atomic E-state index is 10.5. The molecule has 0 radical (unpaired) electrons. The molecule has 0 saturated heterocycles. The van der Waals surface area contributed by atoms with Crippen LogP contribution in [0.25, 0.3) is 0 Å². The first kappa shape index (κ1) is 11.0. The first-order chi connectivity index (χ1) is 6.74. The van der Waals surface area contributed by atoms with E-state index in [2.05, 4.69) is 4.18 Å². The Kier molecular flexibility index (Phi) is 4.45. The Morgan fingerprint density at radius 3 is 2.64 bits per heavy atom. The molecule has 14 heavy (non-hydrogen) atoms. The van der Waals surface area contributed by atoms with E-state index in [9.17, 15) is 9.90 Å². The highest BCUT2D eigenvalue weighted by atomic mass is 32.2. The Bertz CT molecular complexity index is 288. The largest absolute Gasteiger partial charge is 0.387 e. The molecule has 0 bridgehead atoms. The van der Waals surface area contributed by atoms with Crippen molar-refractivity contribution >= 4 is 18.0 Å². The lowest BCUT2D eigenvalue weighted by atomic mass is 10.2. The van der Waals surface area contributed by atoms with E-state index in [1.54, 1.807) is 24.3 Å². The molecule has 0 heterocycles. The van der Waals surface area contributed by atoms with Crippen molar-refractivity contribution in [1.82, 2.24) is 0 Å². The Balaban J connectivity index is 2.43. The third kappa shape index (κ3) is 3.37. The van der Waals surface area contributed by atoms with Crippen LogP contribution in [0.2, 0.25) is 0 Å². The topological polar surface area (TPSA) is 66.8 Å². The van der Waals surface area contributed by atoms with E-state index in [0.717, 1.165) is 0 Å². The number of benzene rings is 1. The van der Waals surface area contributed by atoms with E-state index in [1.165, 1.54) is 0 Å². The van der Waals surface area contributed by atoms with Crippen molar-refractivity contribution in [3.8, 4) is 0 Å². The summed E-state index contributed by atoms with van der Waals surface area (Å²) in [4.78, 5) is 10.5. The maximum absolute atomic E-state index is 10.5. The molecule has 0 aliphatic rings. The predicted octanol–water partition coefficient (Wildman–Crippen LogP) is 0.861. The van der Waals surface area contributed by atoms with Gasteiger partial charge in [0.1, 0.15) is 6.61 Å². The van der Waals surface area contributed by atoms with Crippen molar-refractivity contribution in [1.29, 1.82) is 0 Å². The summed E-state index contributed by atoms with van der Waals surface area (Å²) in [5.41, 5.74) is -0.282. The molecule has 0 amide bonds. The average molecular weight is 214 g/mol. The lowest BCUT2D eigenvalue weighted by Gasteiger charge is -2.08. The summed E-state index contributed by atoms with van der Waals surface area (Å²) in [6, 6.07) is 8.79. The van der Waals surface area contributed by atoms with Gasteiger partial charge in [0.05, 0.1) is 12.0 Å². The van der Waals surface area contributed by atoms with Crippen LogP contribution in [0.3, 0.4) is 0 Å². The van der Waals surface area contributed by atoms with Gasteiger partial charge in [-0.1, -0.05) is 30.3 Å². The standard InChI is InChI=1S/C9H10O4S/c10-6-8(11)13-14-9(12)7-4-2-1-3-5-7/h1-5,9-10,12H,6H2. The second kappa shape index (κ2) is 5.64. The summed E-state index contributed by atoms with van der Waals surface area (Å²) in [6.45, 7) is -0.686. The molecule has 2 N–H and O–H groups in total. The fourth-order valence-corrected chi connectivity index (χ4v) is 1.32. The van der Waals surface area contributed by atoms with Crippen LogP contribution in [0.1, 0.15) is 11.0 Å². The van der Waals surface area contributed by atoms with Crippen molar-refractivity contribution in [2.24, 2.45) is 0 Å². The number of aliphatic hydroxyl groups is 2. The lowest BCUT2D eigenvalue weighted by Crippen LogP contribution is -2.05. The van der Waals surface area contributed by atoms with E-state index in [-0.39, 0.29) is 0 Å². The monoisotopic (exact) mass is 214 g/mol. The van der Waals surface area contributed by atoms with Gasteiger partial charge in [-0.15, -0.1) is 0 Å². The van der Waals surface area contributed by atoms with Gasteiger partial charge in [0.2, 0.25) is 0 Å². The molecule has 0 aliphatic heterocycles. The number of aliphatic hydroxyl groups excluding tert-OH is 2. The summed E-state index contributed by atoms with van der Waals surface area (Å²) in [7, 11) is 0. The molecule has 5 heteroatoms. The molecule has 0 saturated carbocycles. The Hall–Kier alpha value is -1.04. The zero-order valence-electron chi connectivity index (χ0n) is 7.29. The van der Waals surface area contributed by atoms with Gasteiger partial charge in [0.15, 0.2) is 5.44 Å². The van der Waals surface area contributed by atoms with E-state index in [4.69, 9.17) is 5.11 Å². The SMILES string of the molecule is O=C(CO)OSC(O)c1ccccc1. The van der Waals surface area contributed by atoms with Gasteiger partial charge in [-0.3, -0.25) is 0 Å². The molecule has 1 atom stereocenters. The zero-order chi connectivity index (χ0) is 10.4. The second-order valence-corrected chi connectivity index (χ2v) is 3.28. The van der Waals surface area contributed by atoms with E-state index in [1.807, 2.05) is 6.07 Å². The van der Waals surface area contributed by atoms with Crippen LogP contribution >= 0.6 is 12.0 Å². The second-order valence-electron chi connectivity index (χ2n) is 2.47. The molecule has 1 unspecified atom stereocenters. The minimum atomic E-state index is -0.924. The molecule has 0 fully saturated rings. The van der Waals surface area contributed by atoms with Gasteiger partial charge in [0.25, 0.3) is 0 Å². The lowest BCUT2D eigenvalue weighted by molar-refractivity contribution is -0.136. The molecule has 76 valence electrons. The number of hydrogen-bond donors (Lipinski definition) is 2. The number of hydrogen-bond acceptors (Lipinski definition) is 5. The molecule has 1 aromatic carbocycles. The summed E-state index contributed by atoms with van der Waals surface area (Å²) in [5, 5.41) is 17.8. The molecule has 0 spiro atoms. The Morgan fingerprint density at radius 2 is 2.07 bits per heavy atom. The van der Waals surface area contributed by atoms with E-state index < -0.39 is 18.0 Å². The van der Waals surface area contributed by atoms with Crippen LogP contribution < -0.4 is 0 Å². The quantitative estimate of drug-likeness (QED) is 0.575. The third-order valence-electron chi connectivity index (χ3n) is 1.45. The fourth-order valence-electron chi connectivity index (χ4n) is 0.799. The van der Waals surface area contributed by atoms with Crippen molar-refractivity contribution in [2.75, 3.05) is 6.61 Å². The zero-order valence-corrected chi connectivity index (χ0v) is 8.11. The van der Waals surface area contributed by atoms with Gasteiger partial charge < -0.3 is 14.4 Å². The van der Waals surface area contributed by atoms with Gasteiger partial charge in [-0.2, -0.15) is 0 Å². The number of carbonyl (C=O) groups excluding carboxylic acids is 1. The first-order valence-corrected chi connectivity index (χ1v) is 4.74. The van der Waals surface area contributed by atoms with Crippen molar-refractivity contribution in [3.05, 3.63) is 35.9 Å². The van der Waals surface area contributed by atoms with E-state index in [0.29, 0.717) is 17.6 Å². The first-order valence-electron chi connectivity index (χ1n) is 3.94. The molecular weight excluding hydrogens is 204 g/mol. The van der Waals surface area contributed by atoms with Gasteiger partial charge in [-0.25, -0.2) is 4.79 Å². The fraction of sp³-hybridized carbons (Fsp3) is 0.222. The molecule has 0 aromatic heterocycles. The van der Waals surface area contributed by atoms with Crippen LogP contribution in [0, 0.1) is 0 Å². The number of carbonyl (C=O) groups is 1. The van der Waals surface area contributed by atoms with Crippen LogP contribution in [-0.2, 0) is 8.98 Å². The summed E-state index contributed by atoms with van der Waals surface area (Å²) >= 11 is 0.608. The molecule has 1 rings (SSSR count). The van der Waals surface area contributed by atoms with Crippen LogP contribution in [0.5, 0.6) is 0 Å². The van der Waals surface area contributed by atoms with Crippen molar-refractivity contribution < 1.29 is 19.2 Å². The molecule has 4 nitrogen and oxygen atoms in total. The summed E-state index contributed by atoms with van der Waals surface area (Å²) in [5.74, 6) is -0.773. The highest BCUT2D eigenvalue weighted by Crippen LogP contribution is 2.26. The van der Waals surface area contributed by atoms with Crippen LogP contribution in [0.4, 0.5) is 0 Å². The molecular formula is C9H10O4S. The van der Waals surface area contributed by atoms with Gasteiger partial charge in [-0.05, 0) is 5.56 Å². The average Bonchev–Trinajstić information content (AvgIpc) is 2.26. The highest BCUT2D eigenvalue weighted by molar-refractivity contribution is 7.95. The third-order valence-corrected chi connectivity index (χ3v) is 2.18. The Morgan fingerprint density at radius 1 is 1.43 bits per heavy atom. The summed E-state index contributed by atoms with van der Waals surface area (Å²) < 4.78 is 4.49. The number of rotatable bonds is 4. The smallest absolute Gasteiger partial charge is 0.343 e. The van der Waals surface area contributed by atoms with Gasteiger partial charge >= 0.3 is 5.97 Å². The predicted molar refractivity (Wildman–Crippen MR) is 52.2 cm³/mol. The van der Waals surface area contributed by atoms with Crippen LogP contribution in [0.15, 0.2) is 30.3 Å². The summed E-state index contributed by atoms with van der Waals surface area (Å²) in [6.07, 6.45) is 0. The normalized spacial score (nSPS) is 12.1. The maximum Gasteiger partial charge on any atom is 0.343 e. The molecule has 1 aromatic rings. The molecule has 0 aliphatic carbocycles. The van der Waals surface area contributed by atoms with Crippen LogP contribution in [-0.4, -0.2) is 22.8 Å². The Labute approximate surface area is 85.7 Å². The minimum Gasteiger partial charge on any atom is -0.387 e. The van der Waals surface area contributed by atoms with Crippen molar-refractivity contribution in [3.63, 3.8) is 0 Å². The van der Waals surface area contributed by atoms with Gasteiger partial charge in [0, 0.05) is 0 Å². The van der Waals surface area contributed by atoms with E-state index >= 15 is 0 Å².